The minimum Gasteiger partial charge on any atom is -0.322 e. The molecule has 1 aromatic rings. The van der Waals surface area contributed by atoms with Gasteiger partial charge in [0.1, 0.15) is 11.4 Å². The van der Waals surface area contributed by atoms with Gasteiger partial charge in [0.15, 0.2) is 5.16 Å². The maximum absolute atomic E-state index is 12.7. The van der Waals surface area contributed by atoms with E-state index in [0.717, 1.165) is 60.9 Å². The van der Waals surface area contributed by atoms with E-state index >= 15 is 0 Å². The monoisotopic (exact) mass is 404 g/mol. The number of nitrogens with zero attached hydrogens (tertiary/aromatic N) is 4. The van der Waals surface area contributed by atoms with Crippen molar-refractivity contribution >= 4 is 29.6 Å². The lowest BCUT2D eigenvalue weighted by Gasteiger charge is -2.30. The predicted octanol–water partition coefficient (Wildman–Crippen LogP) is 1.87. The van der Waals surface area contributed by atoms with Crippen LogP contribution in [0.3, 0.4) is 0 Å². The average Bonchev–Trinajstić information content (AvgIpc) is 3.62. The van der Waals surface area contributed by atoms with Gasteiger partial charge in [0.25, 0.3) is 5.91 Å². The molecule has 0 aromatic carbocycles. The lowest BCUT2D eigenvalue weighted by atomic mass is 9.82. The van der Waals surface area contributed by atoms with E-state index in [1.807, 2.05) is 0 Å². The summed E-state index contributed by atoms with van der Waals surface area (Å²) in [6.45, 7) is 0. The number of amides is 4. The summed E-state index contributed by atoms with van der Waals surface area (Å²) in [6.07, 6.45) is 8.71. The van der Waals surface area contributed by atoms with Crippen LogP contribution in [-0.2, 0) is 9.59 Å². The lowest BCUT2D eigenvalue weighted by Crippen LogP contribution is -2.51. The molecule has 2 heterocycles. The molecular weight excluding hydrogens is 380 g/mol. The van der Waals surface area contributed by atoms with Crippen molar-refractivity contribution < 1.29 is 14.4 Å². The summed E-state index contributed by atoms with van der Waals surface area (Å²) in [5.74, 6) is 0.902. The zero-order chi connectivity index (χ0) is 19.3. The second-order valence-electron chi connectivity index (χ2n) is 8.25. The summed E-state index contributed by atoms with van der Waals surface area (Å²) in [5.41, 5.74) is 1.65. The summed E-state index contributed by atoms with van der Waals surface area (Å²) in [5, 5.41) is 13.0. The average molecular weight is 404 g/mol. The Labute approximate surface area is 167 Å². The standard InChI is InChI=1S/C18H24N6O3S/c25-13(22-24-15(26)18(19-16(24)27)8-2-1-3-9-18)10-28-17-21-20-14(11-4-5-11)23(17)12-6-7-12/h11-12H,1-10H2,(H,19,27)(H,22,25). The molecule has 1 saturated heterocycles. The van der Waals surface area contributed by atoms with Gasteiger partial charge >= 0.3 is 6.03 Å². The van der Waals surface area contributed by atoms with E-state index in [1.54, 1.807) is 0 Å². The molecule has 0 atom stereocenters. The first kappa shape index (κ1) is 18.0. The van der Waals surface area contributed by atoms with Crippen molar-refractivity contribution in [3.05, 3.63) is 5.82 Å². The molecular formula is C18H24N6O3S. The second-order valence-corrected chi connectivity index (χ2v) is 9.20. The van der Waals surface area contributed by atoms with Crippen LogP contribution in [0.25, 0.3) is 0 Å². The number of carbonyl (C=O) groups is 3. The molecule has 1 aliphatic heterocycles. The van der Waals surface area contributed by atoms with Crippen molar-refractivity contribution in [1.82, 2.24) is 30.5 Å². The Morgan fingerprint density at radius 2 is 1.89 bits per heavy atom. The molecule has 10 heteroatoms. The first-order valence-corrected chi connectivity index (χ1v) is 11.1. The van der Waals surface area contributed by atoms with Crippen LogP contribution >= 0.6 is 11.8 Å². The quantitative estimate of drug-likeness (QED) is 0.553. The highest BCUT2D eigenvalue weighted by Gasteiger charge is 2.52. The van der Waals surface area contributed by atoms with Gasteiger partial charge in [-0.25, -0.2) is 4.79 Å². The largest absolute Gasteiger partial charge is 0.344 e. The number of hydrogen-bond donors (Lipinski definition) is 2. The zero-order valence-corrected chi connectivity index (χ0v) is 16.5. The molecule has 0 radical (unpaired) electrons. The fraction of sp³-hybridized carbons (Fsp3) is 0.722. The minimum absolute atomic E-state index is 0.0829. The van der Waals surface area contributed by atoms with Crippen molar-refractivity contribution in [3.8, 4) is 0 Å². The maximum atomic E-state index is 12.7. The van der Waals surface area contributed by atoms with Gasteiger partial charge in [-0.1, -0.05) is 31.0 Å². The molecule has 2 N–H and O–H groups in total. The molecule has 150 valence electrons. The van der Waals surface area contributed by atoms with Crippen molar-refractivity contribution in [3.63, 3.8) is 0 Å². The molecule has 9 nitrogen and oxygen atoms in total. The Hall–Kier alpha value is -2.10. The van der Waals surface area contributed by atoms with E-state index in [1.165, 1.54) is 11.8 Å². The molecule has 3 aliphatic carbocycles. The fourth-order valence-electron chi connectivity index (χ4n) is 4.19. The molecule has 4 fully saturated rings. The van der Waals surface area contributed by atoms with Gasteiger partial charge in [-0.3, -0.25) is 15.0 Å². The first-order valence-electron chi connectivity index (χ1n) is 10.1. The van der Waals surface area contributed by atoms with Gasteiger partial charge in [0, 0.05) is 12.0 Å². The van der Waals surface area contributed by atoms with Crippen LogP contribution in [0.1, 0.15) is 75.6 Å². The third-order valence-electron chi connectivity index (χ3n) is 5.98. The maximum Gasteiger partial charge on any atom is 0.344 e. The van der Waals surface area contributed by atoms with Gasteiger partial charge in [-0.05, 0) is 38.5 Å². The van der Waals surface area contributed by atoms with Crippen molar-refractivity contribution in [2.75, 3.05) is 5.75 Å². The van der Waals surface area contributed by atoms with E-state index in [-0.39, 0.29) is 17.6 Å². The smallest absolute Gasteiger partial charge is 0.322 e. The molecule has 5 rings (SSSR count). The number of hydrazine groups is 1. The van der Waals surface area contributed by atoms with Crippen molar-refractivity contribution in [2.24, 2.45) is 0 Å². The van der Waals surface area contributed by atoms with E-state index in [4.69, 9.17) is 0 Å². The van der Waals surface area contributed by atoms with Crippen molar-refractivity contribution in [2.45, 2.75) is 80.4 Å². The van der Waals surface area contributed by atoms with Crippen LogP contribution in [0, 0.1) is 0 Å². The summed E-state index contributed by atoms with van der Waals surface area (Å²) >= 11 is 1.31. The second kappa shape index (κ2) is 6.75. The third kappa shape index (κ3) is 3.17. The molecule has 0 bridgehead atoms. The number of imide groups is 1. The molecule has 4 amide bonds. The highest BCUT2D eigenvalue weighted by Crippen LogP contribution is 2.46. The Kier molecular flexibility index (Phi) is 4.33. The van der Waals surface area contributed by atoms with E-state index in [9.17, 15) is 14.4 Å². The highest BCUT2D eigenvalue weighted by molar-refractivity contribution is 7.99. The van der Waals surface area contributed by atoms with Crippen LogP contribution in [0.15, 0.2) is 5.16 Å². The Morgan fingerprint density at radius 1 is 1.14 bits per heavy atom. The topological polar surface area (TPSA) is 109 Å². The van der Waals surface area contributed by atoms with Crippen LogP contribution in [0.5, 0.6) is 0 Å². The SMILES string of the molecule is O=C(CSc1nnc(C2CC2)n1C1CC1)NN1C(=O)NC2(CCCCC2)C1=O. The first-order chi connectivity index (χ1) is 13.6. The summed E-state index contributed by atoms with van der Waals surface area (Å²) < 4.78 is 2.18. The zero-order valence-electron chi connectivity index (χ0n) is 15.6. The molecule has 28 heavy (non-hydrogen) atoms. The van der Waals surface area contributed by atoms with E-state index in [2.05, 4.69) is 25.5 Å². The number of carbonyl (C=O) groups excluding carboxylic acids is 3. The number of hydrogen-bond acceptors (Lipinski definition) is 6. The molecule has 1 aromatic heterocycles. The van der Waals surface area contributed by atoms with Crippen LogP contribution < -0.4 is 10.7 Å². The predicted molar refractivity (Wildman–Crippen MR) is 100 cm³/mol. The van der Waals surface area contributed by atoms with Crippen LogP contribution in [-0.4, -0.2) is 48.9 Å². The molecule has 4 aliphatic rings. The molecule has 1 spiro atoms. The number of urea groups is 1. The van der Waals surface area contributed by atoms with Gasteiger partial charge in [-0.2, -0.15) is 5.01 Å². The van der Waals surface area contributed by atoms with Gasteiger partial charge in [0.05, 0.1) is 5.75 Å². The number of rotatable bonds is 6. The lowest BCUT2D eigenvalue weighted by molar-refractivity contribution is -0.139. The van der Waals surface area contributed by atoms with Gasteiger partial charge in [-0.15, -0.1) is 10.2 Å². The highest BCUT2D eigenvalue weighted by atomic mass is 32.2. The van der Waals surface area contributed by atoms with Crippen LogP contribution in [0.4, 0.5) is 4.79 Å². The van der Waals surface area contributed by atoms with Crippen LogP contribution in [0.2, 0.25) is 0 Å². The number of thioether (sulfide) groups is 1. The number of aromatic nitrogens is 3. The van der Waals surface area contributed by atoms with Crippen molar-refractivity contribution in [1.29, 1.82) is 0 Å². The fourth-order valence-corrected chi connectivity index (χ4v) is 4.99. The Balaban J connectivity index is 1.21. The van der Waals surface area contributed by atoms with Gasteiger partial charge in [0.2, 0.25) is 5.91 Å². The Morgan fingerprint density at radius 3 is 2.57 bits per heavy atom. The normalized spacial score (nSPS) is 23.9. The van der Waals surface area contributed by atoms with E-state index < -0.39 is 11.6 Å². The summed E-state index contributed by atoms with van der Waals surface area (Å²) in [4.78, 5) is 37.4. The summed E-state index contributed by atoms with van der Waals surface area (Å²) in [7, 11) is 0. The minimum atomic E-state index is -0.832. The number of nitrogens with one attached hydrogen (secondary N) is 2. The third-order valence-corrected chi connectivity index (χ3v) is 6.93. The Bertz CT molecular complexity index is 825. The molecule has 0 unspecified atom stereocenters. The van der Waals surface area contributed by atoms with Gasteiger partial charge < -0.3 is 9.88 Å². The summed E-state index contributed by atoms with van der Waals surface area (Å²) in [6, 6.07) is -0.0873. The van der Waals surface area contributed by atoms with E-state index in [0.29, 0.717) is 24.8 Å². The molecule has 3 saturated carbocycles.